The third kappa shape index (κ3) is 4.41. The molecular formula is C20H23ClN2O3. The van der Waals surface area contributed by atoms with E-state index in [2.05, 4.69) is 4.98 Å². The molecule has 6 heteroatoms. The number of rotatable bonds is 9. The number of methoxy groups -OCH3 is 1. The topological polar surface area (TPSA) is 56.2 Å². The molecule has 1 N–H and O–H groups in total. The molecule has 0 unspecified atom stereocenters. The maximum atomic E-state index is 12.0. The number of H-pyrrole nitrogens is 1. The SMILES string of the molecule is COc1ccc(OCCCCCCn2c(=O)[nH]c3ccccc32)c(Cl)c1. The van der Waals surface area contributed by atoms with E-state index in [4.69, 9.17) is 21.1 Å². The van der Waals surface area contributed by atoms with E-state index in [0.717, 1.165) is 49.0 Å². The number of benzene rings is 2. The molecule has 0 saturated heterocycles. The number of imidazole rings is 1. The molecule has 1 aromatic heterocycles. The number of nitrogens with one attached hydrogen (secondary N) is 1. The molecule has 0 aliphatic rings. The number of halogens is 1. The Morgan fingerprint density at radius 1 is 1.08 bits per heavy atom. The molecule has 0 radical (unpaired) electrons. The number of aromatic amines is 1. The minimum absolute atomic E-state index is 0.0383. The lowest BCUT2D eigenvalue weighted by Gasteiger charge is -2.09. The Morgan fingerprint density at radius 2 is 1.88 bits per heavy atom. The second kappa shape index (κ2) is 8.81. The van der Waals surface area contributed by atoms with Gasteiger partial charge in [0.1, 0.15) is 11.5 Å². The van der Waals surface area contributed by atoms with Gasteiger partial charge in [-0.2, -0.15) is 0 Å². The van der Waals surface area contributed by atoms with Crippen LogP contribution < -0.4 is 15.2 Å². The molecule has 0 spiro atoms. The van der Waals surface area contributed by atoms with Crippen LogP contribution in [-0.4, -0.2) is 23.3 Å². The van der Waals surface area contributed by atoms with Crippen molar-refractivity contribution in [2.24, 2.45) is 0 Å². The van der Waals surface area contributed by atoms with Crippen LogP contribution in [0.5, 0.6) is 11.5 Å². The number of unbranched alkanes of at least 4 members (excludes halogenated alkanes) is 3. The Kier molecular flexibility index (Phi) is 6.23. The lowest BCUT2D eigenvalue weighted by molar-refractivity contribution is 0.303. The highest BCUT2D eigenvalue weighted by molar-refractivity contribution is 6.32. The highest BCUT2D eigenvalue weighted by Crippen LogP contribution is 2.28. The van der Waals surface area contributed by atoms with Crippen molar-refractivity contribution < 1.29 is 9.47 Å². The third-order valence-corrected chi connectivity index (χ3v) is 4.65. The smallest absolute Gasteiger partial charge is 0.326 e. The molecule has 5 nitrogen and oxygen atoms in total. The Bertz CT molecular complexity index is 917. The zero-order valence-corrected chi connectivity index (χ0v) is 15.6. The van der Waals surface area contributed by atoms with Crippen molar-refractivity contribution in [2.45, 2.75) is 32.2 Å². The lowest BCUT2D eigenvalue weighted by Crippen LogP contribution is -2.16. The molecular weight excluding hydrogens is 352 g/mol. The summed E-state index contributed by atoms with van der Waals surface area (Å²) in [6.07, 6.45) is 4.01. The van der Waals surface area contributed by atoms with Crippen LogP contribution in [0, 0.1) is 0 Å². The minimum Gasteiger partial charge on any atom is -0.497 e. The van der Waals surface area contributed by atoms with Gasteiger partial charge in [-0.05, 0) is 37.1 Å². The largest absolute Gasteiger partial charge is 0.497 e. The molecule has 0 amide bonds. The van der Waals surface area contributed by atoms with Crippen LogP contribution in [0.25, 0.3) is 11.0 Å². The van der Waals surface area contributed by atoms with Crippen LogP contribution in [0.2, 0.25) is 5.02 Å². The number of nitrogens with zero attached hydrogens (tertiary/aromatic N) is 1. The third-order valence-electron chi connectivity index (χ3n) is 4.35. The van der Waals surface area contributed by atoms with Gasteiger partial charge in [0.05, 0.1) is 29.8 Å². The summed E-state index contributed by atoms with van der Waals surface area (Å²) in [6, 6.07) is 13.2. The van der Waals surface area contributed by atoms with E-state index in [1.807, 2.05) is 41.0 Å². The van der Waals surface area contributed by atoms with Gasteiger partial charge in [0.2, 0.25) is 0 Å². The summed E-state index contributed by atoms with van der Waals surface area (Å²) in [6.45, 7) is 1.35. The van der Waals surface area contributed by atoms with Gasteiger partial charge in [-0.15, -0.1) is 0 Å². The summed E-state index contributed by atoms with van der Waals surface area (Å²) < 4.78 is 12.6. The number of para-hydroxylation sites is 2. The predicted molar refractivity (Wildman–Crippen MR) is 105 cm³/mol. The summed E-state index contributed by atoms with van der Waals surface area (Å²) in [4.78, 5) is 14.9. The predicted octanol–water partition coefficient (Wildman–Crippen LogP) is 4.63. The van der Waals surface area contributed by atoms with Gasteiger partial charge in [0, 0.05) is 12.6 Å². The maximum absolute atomic E-state index is 12.0. The molecule has 1 heterocycles. The molecule has 3 rings (SSSR count). The summed E-state index contributed by atoms with van der Waals surface area (Å²) in [5.41, 5.74) is 1.82. The maximum Gasteiger partial charge on any atom is 0.326 e. The average Bonchev–Trinajstić information content (AvgIpc) is 2.97. The van der Waals surface area contributed by atoms with Gasteiger partial charge in [0.25, 0.3) is 0 Å². The van der Waals surface area contributed by atoms with Crippen LogP contribution in [-0.2, 0) is 6.54 Å². The van der Waals surface area contributed by atoms with Crippen LogP contribution in [0.1, 0.15) is 25.7 Å². The molecule has 2 aromatic carbocycles. The molecule has 0 saturated carbocycles. The van der Waals surface area contributed by atoms with Crippen LogP contribution >= 0.6 is 11.6 Å². The number of hydrogen-bond acceptors (Lipinski definition) is 3. The van der Waals surface area contributed by atoms with Gasteiger partial charge in [-0.1, -0.05) is 36.6 Å². The molecule has 0 fully saturated rings. The summed E-state index contributed by atoms with van der Waals surface area (Å²) in [5, 5.41) is 0.558. The number of fused-ring (bicyclic) bond motifs is 1. The first-order valence-electron chi connectivity index (χ1n) is 8.83. The lowest BCUT2D eigenvalue weighted by atomic mass is 10.2. The van der Waals surface area contributed by atoms with E-state index in [1.165, 1.54) is 0 Å². The minimum atomic E-state index is -0.0383. The van der Waals surface area contributed by atoms with Crippen molar-refractivity contribution in [3.8, 4) is 11.5 Å². The molecule has 0 aliphatic heterocycles. The Balaban J connectivity index is 1.38. The van der Waals surface area contributed by atoms with Gasteiger partial charge < -0.3 is 14.5 Å². The second-order valence-corrected chi connectivity index (χ2v) is 6.57. The Labute approximate surface area is 157 Å². The average molecular weight is 375 g/mol. The van der Waals surface area contributed by atoms with Gasteiger partial charge in [0.15, 0.2) is 0 Å². The molecule has 138 valence electrons. The monoisotopic (exact) mass is 374 g/mol. The molecule has 3 aromatic rings. The first-order chi connectivity index (χ1) is 12.7. The number of ether oxygens (including phenoxy) is 2. The standard InChI is InChI=1S/C20H23ClN2O3/c1-25-15-10-11-19(16(21)14-15)26-13-7-3-2-6-12-23-18-9-5-4-8-17(18)22-20(23)24/h4-5,8-11,14H,2-3,6-7,12-13H2,1H3,(H,22,24). The van der Waals surface area contributed by atoms with Crippen LogP contribution in [0.15, 0.2) is 47.3 Å². The van der Waals surface area contributed by atoms with E-state index in [9.17, 15) is 4.79 Å². The van der Waals surface area contributed by atoms with E-state index < -0.39 is 0 Å². The first kappa shape index (κ1) is 18.4. The summed E-state index contributed by atoms with van der Waals surface area (Å²) >= 11 is 6.15. The fourth-order valence-electron chi connectivity index (χ4n) is 2.96. The van der Waals surface area contributed by atoms with Gasteiger partial charge >= 0.3 is 5.69 Å². The molecule has 26 heavy (non-hydrogen) atoms. The number of aryl methyl sites for hydroxylation is 1. The molecule has 0 aliphatic carbocycles. The Morgan fingerprint density at radius 3 is 2.69 bits per heavy atom. The first-order valence-corrected chi connectivity index (χ1v) is 9.21. The summed E-state index contributed by atoms with van der Waals surface area (Å²) in [7, 11) is 1.61. The van der Waals surface area contributed by atoms with Crippen molar-refractivity contribution in [2.75, 3.05) is 13.7 Å². The highest BCUT2D eigenvalue weighted by atomic mass is 35.5. The number of aromatic nitrogens is 2. The van der Waals surface area contributed by atoms with E-state index >= 15 is 0 Å². The van der Waals surface area contributed by atoms with E-state index in [0.29, 0.717) is 17.4 Å². The fraction of sp³-hybridized carbons (Fsp3) is 0.350. The fourth-order valence-corrected chi connectivity index (χ4v) is 3.19. The highest BCUT2D eigenvalue weighted by Gasteiger charge is 2.06. The zero-order valence-electron chi connectivity index (χ0n) is 14.8. The second-order valence-electron chi connectivity index (χ2n) is 6.16. The van der Waals surface area contributed by atoms with Gasteiger partial charge in [-0.25, -0.2) is 4.79 Å². The van der Waals surface area contributed by atoms with E-state index in [-0.39, 0.29) is 5.69 Å². The molecule has 0 atom stereocenters. The van der Waals surface area contributed by atoms with Crippen molar-refractivity contribution in [3.63, 3.8) is 0 Å². The molecule has 0 bridgehead atoms. The van der Waals surface area contributed by atoms with Gasteiger partial charge in [-0.3, -0.25) is 4.57 Å². The quantitative estimate of drug-likeness (QED) is 0.555. The van der Waals surface area contributed by atoms with Crippen molar-refractivity contribution >= 4 is 22.6 Å². The Hall–Kier alpha value is -2.40. The van der Waals surface area contributed by atoms with Crippen molar-refractivity contribution in [1.29, 1.82) is 0 Å². The van der Waals surface area contributed by atoms with Crippen molar-refractivity contribution in [1.82, 2.24) is 9.55 Å². The van der Waals surface area contributed by atoms with Crippen molar-refractivity contribution in [3.05, 3.63) is 58.0 Å². The summed E-state index contributed by atoms with van der Waals surface area (Å²) in [5.74, 6) is 1.40. The van der Waals surface area contributed by atoms with E-state index in [1.54, 1.807) is 13.2 Å². The number of hydrogen-bond donors (Lipinski definition) is 1. The zero-order chi connectivity index (χ0) is 18.4. The normalized spacial score (nSPS) is 11.0. The van der Waals surface area contributed by atoms with Crippen LogP contribution in [0.3, 0.4) is 0 Å². The van der Waals surface area contributed by atoms with Crippen LogP contribution in [0.4, 0.5) is 0 Å².